The number of hydrogen-bond donors (Lipinski definition) is 2. The molecule has 0 saturated heterocycles. The van der Waals surface area contributed by atoms with E-state index in [2.05, 4.69) is 10.3 Å². The number of rotatable bonds is 3. The van der Waals surface area contributed by atoms with Gasteiger partial charge in [-0.15, -0.1) is 0 Å². The standard InChI is InChI=1S/C14H17N3O/c1-3-14(2,15)13(18)17-12-8-4-7-11-10(12)6-5-9-16-11/h4-9H,3,15H2,1-2H3,(H,17,18). The third-order valence-corrected chi connectivity index (χ3v) is 3.15. The molecule has 0 saturated carbocycles. The summed E-state index contributed by atoms with van der Waals surface area (Å²) in [6.07, 6.45) is 2.31. The van der Waals surface area contributed by atoms with Crippen LogP contribution in [0.2, 0.25) is 0 Å². The summed E-state index contributed by atoms with van der Waals surface area (Å²) in [6.45, 7) is 3.62. The van der Waals surface area contributed by atoms with E-state index < -0.39 is 5.54 Å². The lowest BCUT2D eigenvalue weighted by Crippen LogP contribution is -2.47. The molecular formula is C14H17N3O. The molecule has 0 radical (unpaired) electrons. The van der Waals surface area contributed by atoms with Crippen molar-refractivity contribution >= 4 is 22.5 Å². The Morgan fingerprint density at radius 1 is 1.39 bits per heavy atom. The SMILES string of the molecule is CCC(C)(N)C(=O)Nc1cccc2ncccc12. The number of amides is 1. The summed E-state index contributed by atoms with van der Waals surface area (Å²) >= 11 is 0. The summed E-state index contributed by atoms with van der Waals surface area (Å²) in [5.74, 6) is -0.179. The van der Waals surface area contributed by atoms with Gasteiger partial charge in [0.25, 0.3) is 0 Å². The van der Waals surface area contributed by atoms with Crippen LogP contribution >= 0.6 is 0 Å². The minimum absolute atomic E-state index is 0.179. The van der Waals surface area contributed by atoms with Crippen molar-refractivity contribution in [2.45, 2.75) is 25.8 Å². The normalized spacial score (nSPS) is 14.2. The molecule has 0 fully saturated rings. The van der Waals surface area contributed by atoms with Crippen molar-refractivity contribution in [3.05, 3.63) is 36.5 Å². The summed E-state index contributed by atoms with van der Waals surface area (Å²) < 4.78 is 0. The van der Waals surface area contributed by atoms with Crippen LogP contribution < -0.4 is 11.1 Å². The Kier molecular flexibility index (Phi) is 3.30. The van der Waals surface area contributed by atoms with Crippen molar-refractivity contribution in [1.82, 2.24) is 4.98 Å². The van der Waals surface area contributed by atoms with Crippen LogP contribution in [0.25, 0.3) is 10.9 Å². The first-order valence-electron chi connectivity index (χ1n) is 5.98. The molecule has 4 heteroatoms. The molecule has 0 bridgehead atoms. The third-order valence-electron chi connectivity index (χ3n) is 3.15. The van der Waals surface area contributed by atoms with Gasteiger partial charge in [-0.25, -0.2) is 0 Å². The average Bonchev–Trinajstić information content (AvgIpc) is 2.39. The van der Waals surface area contributed by atoms with Crippen molar-refractivity contribution in [2.75, 3.05) is 5.32 Å². The molecule has 1 aromatic carbocycles. The first kappa shape index (κ1) is 12.5. The number of carbonyl (C=O) groups excluding carboxylic acids is 1. The highest BCUT2D eigenvalue weighted by molar-refractivity contribution is 6.04. The zero-order valence-corrected chi connectivity index (χ0v) is 10.6. The zero-order valence-electron chi connectivity index (χ0n) is 10.6. The van der Waals surface area contributed by atoms with Gasteiger partial charge in [-0.3, -0.25) is 9.78 Å². The Bertz CT molecular complexity index is 573. The predicted octanol–water partition coefficient (Wildman–Crippen LogP) is 2.30. The highest BCUT2D eigenvalue weighted by Gasteiger charge is 2.26. The van der Waals surface area contributed by atoms with E-state index in [1.54, 1.807) is 13.1 Å². The van der Waals surface area contributed by atoms with Gasteiger partial charge >= 0.3 is 0 Å². The second-order valence-corrected chi connectivity index (χ2v) is 4.60. The maximum atomic E-state index is 12.1. The summed E-state index contributed by atoms with van der Waals surface area (Å²) in [4.78, 5) is 16.3. The lowest BCUT2D eigenvalue weighted by molar-refractivity contribution is -0.120. The average molecular weight is 243 g/mol. The van der Waals surface area contributed by atoms with Crippen molar-refractivity contribution in [2.24, 2.45) is 5.73 Å². The Labute approximate surface area is 106 Å². The molecule has 2 rings (SSSR count). The van der Waals surface area contributed by atoms with Gasteiger partial charge in [0.05, 0.1) is 16.7 Å². The molecule has 0 spiro atoms. The van der Waals surface area contributed by atoms with Crippen molar-refractivity contribution < 1.29 is 4.79 Å². The van der Waals surface area contributed by atoms with Crippen LogP contribution in [0.3, 0.4) is 0 Å². The molecule has 0 aliphatic carbocycles. The van der Waals surface area contributed by atoms with Gasteiger partial charge < -0.3 is 11.1 Å². The van der Waals surface area contributed by atoms with Crippen LogP contribution in [-0.2, 0) is 4.79 Å². The lowest BCUT2D eigenvalue weighted by Gasteiger charge is -2.22. The minimum atomic E-state index is -0.857. The molecule has 2 aromatic rings. The van der Waals surface area contributed by atoms with Gasteiger partial charge in [0, 0.05) is 11.6 Å². The fraction of sp³-hybridized carbons (Fsp3) is 0.286. The number of nitrogens with one attached hydrogen (secondary N) is 1. The van der Waals surface area contributed by atoms with E-state index in [1.807, 2.05) is 37.3 Å². The van der Waals surface area contributed by atoms with E-state index in [9.17, 15) is 4.79 Å². The van der Waals surface area contributed by atoms with Crippen LogP contribution in [0.4, 0.5) is 5.69 Å². The van der Waals surface area contributed by atoms with Gasteiger partial charge in [-0.2, -0.15) is 0 Å². The fourth-order valence-electron chi connectivity index (χ4n) is 1.64. The topological polar surface area (TPSA) is 68.0 Å². The van der Waals surface area contributed by atoms with E-state index in [4.69, 9.17) is 5.73 Å². The second-order valence-electron chi connectivity index (χ2n) is 4.60. The second kappa shape index (κ2) is 4.74. The number of carbonyl (C=O) groups is 1. The molecule has 18 heavy (non-hydrogen) atoms. The molecule has 1 heterocycles. The number of pyridine rings is 1. The van der Waals surface area contributed by atoms with E-state index in [0.717, 1.165) is 16.6 Å². The number of benzene rings is 1. The number of hydrogen-bond acceptors (Lipinski definition) is 3. The lowest BCUT2D eigenvalue weighted by atomic mass is 9.99. The summed E-state index contributed by atoms with van der Waals surface area (Å²) in [5.41, 5.74) is 6.67. The van der Waals surface area contributed by atoms with Crippen LogP contribution in [0.15, 0.2) is 36.5 Å². The molecule has 4 nitrogen and oxygen atoms in total. The number of fused-ring (bicyclic) bond motifs is 1. The quantitative estimate of drug-likeness (QED) is 0.869. The largest absolute Gasteiger partial charge is 0.324 e. The summed E-state index contributed by atoms with van der Waals surface area (Å²) in [7, 11) is 0. The highest BCUT2D eigenvalue weighted by Crippen LogP contribution is 2.22. The predicted molar refractivity (Wildman–Crippen MR) is 73.3 cm³/mol. The Hall–Kier alpha value is -1.94. The molecule has 3 N–H and O–H groups in total. The van der Waals surface area contributed by atoms with Crippen LogP contribution in [-0.4, -0.2) is 16.4 Å². The molecule has 0 aliphatic heterocycles. The highest BCUT2D eigenvalue weighted by atomic mass is 16.2. The molecule has 1 amide bonds. The zero-order chi connectivity index (χ0) is 13.2. The van der Waals surface area contributed by atoms with Crippen molar-refractivity contribution in [1.29, 1.82) is 0 Å². The summed E-state index contributed by atoms with van der Waals surface area (Å²) in [5, 5.41) is 3.79. The van der Waals surface area contributed by atoms with Crippen molar-refractivity contribution in [3.63, 3.8) is 0 Å². The Balaban J connectivity index is 2.36. The van der Waals surface area contributed by atoms with Gasteiger partial charge in [-0.05, 0) is 37.6 Å². The summed E-state index contributed by atoms with van der Waals surface area (Å²) in [6, 6.07) is 9.40. The fourth-order valence-corrected chi connectivity index (χ4v) is 1.64. The molecule has 1 atom stereocenters. The molecule has 1 aromatic heterocycles. The third kappa shape index (κ3) is 2.33. The number of nitrogens with two attached hydrogens (primary N) is 1. The smallest absolute Gasteiger partial charge is 0.244 e. The molecule has 1 unspecified atom stereocenters. The Morgan fingerprint density at radius 3 is 2.89 bits per heavy atom. The van der Waals surface area contributed by atoms with E-state index in [-0.39, 0.29) is 5.91 Å². The maximum Gasteiger partial charge on any atom is 0.244 e. The van der Waals surface area contributed by atoms with Gasteiger partial charge in [0.15, 0.2) is 0 Å². The van der Waals surface area contributed by atoms with E-state index >= 15 is 0 Å². The first-order valence-corrected chi connectivity index (χ1v) is 5.98. The molecule has 94 valence electrons. The monoisotopic (exact) mass is 243 g/mol. The maximum absolute atomic E-state index is 12.1. The first-order chi connectivity index (χ1) is 8.54. The number of nitrogens with zero attached hydrogens (tertiary/aromatic N) is 1. The minimum Gasteiger partial charge on any atom is -0.324 e. The van der Waals surface area contributed by atoms with Gasteiger partial charge in [-0.1, -0.05) is 13.0 Å². The van der Waals surface area contributed by atoms with Crippen molar-refractivity contribution in [3.8, 4) is 0 Å². The number of anilines is 1. The Morgan fingerprint density at radius 2 is 2.17 bits per heavy atom. The number of aromatic nitrogens is 1. The van der Waals surface area contributed by atoms with E-state index in [0.29, 0.717) is 6.42 Å². The van der Waals surface area contributed by atoms with Gasteiger partial charge in [0.2, 0.25) is 5.91 Å². The van der Waals surface area contributed by atoms with Crippen LogP contribution in [0.5, 0.6) is 0 Å². The van der Waals surface area contributed by atoms with E-state index in [1.165, 1.54) is 0 Å². The molecule has 0 aliphatic rings. The van der Waals surface area contributed by atoms with Crippen LogP contribution in [0, 0.1) is 0 Å². The van der Waals surface area contributed by atoms with Gasteiger partial charge in [0.1, 0.15) is 0 Å². The molecular weight excluding hydrogens is 226 g/mol. The van der Waals surface area contributed by atoms with Crippen LogP contribution in [0.1, 0.15) is 20.3 Å².